The number of nitrogens with zero attached hydrogens (tertiary/aromatic N) is 2. The van der Waals surface area contributed by atoms with Gasteiger partial charge in [-0.15, -0.1) is 10.2 Å². The molecule has 1 fully saturated rings. The number of aromatic nitrogens is 2. The lowest BCUT2D eigenvalue weighted by molar-refractivity contribution is 0.473. The van der Waals surface area contributed by atoms with Crippen LogP contribution in [-0.4, -0.2) is 27.7 Å². The Balaban J connectivity index is 1.50. The zero-order valence-electron chi connectivity index (χ0n) is 11.4. The summed E-state index contributed by atoms with van der Waals surface area (Å²) in [6, 6.07) is 9.87. The quantitative estimate of drug-likeness (QED) is 0.916. The summed E-state index contributed by atoms with van der Waals surface area (Å²) in [6.07, 6.45) is 4.04. The average molecular weight is 289 g/mol. The maximum Gasteiger partial charge on any atom is 0.247 e. The average Bonchev–Trinajstić information content (AvgIpc) is 2.98. The molecule has 1 aromatic carbocycles. The van der Waals surface area contributed by atoms with Crippen molar-refractivity contribution < 1.29 is 4.42 Å². The van der Waals surface area contributed by atoms with E-state index in [-0.39, 0.29) is 0 Å². The first-order valence-electron chi connectivity index (χ1n) is 7.12. The number of hydrogen-bond acceptors (Lipinski definition) is 5. The highest BCUT2D eigenvalue weighted by Gasteiger charge is 2.14. The van der Waals surface area contributed by atoms with Gasteiger partial charge in [-0.1, -0.05) is 24.6 Å². The maximum atomic E-state index is 5.67. The van der Waals surface area contributed by atoms with E-state index in [1.54, 1.807) is 0 Å². The molecular formula is C15H19N3OS. The number of nitrogens with one attached hydrogen (secondary N) is 1. The fourth-order valence-electron chi connectivity index (χ4n) is 2.33. The molecule has 2 heterocycles. The van der Waals surface area contributed by atoms with Crippen LogP contribution in [0.1, 0.15) is 25.2 Å². The monoisotopic (exact) mass is 289 g/mol. The Morgan fingerprint density at radius 3 is 2.90 bits per heavy atom. The molecule has 0 amide bonds. The van der Waals surface area contributed by atoms with Gasteiger partial charge in [0.1, 0.15) is 0 Å². The van der Waals surface area contributed by atoms with Crippen LogP contribution in [0.25, 0.3) is 11.5 Å². The van der Waals surface area contributed by atoms with Gasteiger partial charge < -0.3 is 9.73 Å². The highest BCUT2D eigenvalue weighted by molar-refractivity contribution is 7.99. The van der Waals surface area contributed by atoms with Gasteiger partial charge >= 0.3 is 0 Å². The predicted octanol–water partition coefficient (Wildman–Crippen LogP) is 3.11. The SMILES string of the molecule is c1ccc(-c2nnc(CNCC3CCCCS3)o2)cc1. The molecule has 1 unspecified atom stereocenters. The molecule has 3 rings (SSSR count). The Labute approximate surface area is 123 Å². The van der Waals surface area contributed by atoms with Crippen LogP contribution in [0.3, 0.4) is 0 Å². The number of benzene rings is 1. The van der Waals surface area contributed by atoms with Crippen LogP contribution in [0.4, 0.5) is 0 Å². The minimum atomic E-state index is 0.592. The summed E-state index contributed by atoms with van der Waals surface area (Å²) in [7, 11) is 0. The molecule has 1 aromatic heterocycles. The minimum Gasteiger partial charge on any atom is -0.419 e. The van der Waals surface area contributed by atoms with E-state index in [1.807, 2.05) is 30.3 Å². The van der Waals surface area contributed by atoms with E-state index >= 15 is 0 Å². The van der Waals surface area contributed by atoms with Crippen molar-refractivity contribution in [2.45, 2.75) is 31.1 Å². The van der Waals surface area contributed by atoms with Crippen LogP contribution >= 0.6 is 11.8 Å². The van der Waals surface area contributed by atoms with Gasteiger partial charge in [0.05, 0.1) is 6.54 Å². The van der Waals surface area contributed by atoms with Crippen LogP contribution in [0.5, 0.6) is 0 Å². The van der Waals surface area contributed by atoms with E-state index in [0.717, 1.165) is 17.4 Å². The third-order valence-corrected chi connectivity index (χ3v) is 4.81. The van der Waals surface area contributed by atoms with E-state index in [9.17, 15) is 0 Å². The van der Waals surface area contributed by atoms with E-state index in [2.05, 4.69) is 27.3 Å². The minimum absolute atomic E-state index is 0.592. The molecule has 0 radical (unpaired) electrons. The molecule has 0 saturated carbocycles. The second-order valence-electron chi connectivity index (χ2n) is 4.99. The maximum absolute atomic E-state index is 5.67. The van der Waals surface area contributed by atoms with Crippen molar-refractivity contribution in [2.75, 3.05) is 12.3 Å². The van der Waals surface area contributed by atoms with Crippen LogP contribution in [-0.2, 0) is 6.54 Å². The Morgan fingerprint density at radius 1 is 1.20 bits per heavy atom. The zero-order chi connectivity index (χ0) is 13.6. The van der Waals surface area contributed by atoms with Crippen molar-refractivity contribution in [3.63, 3.8) is 0 Å². The summed E-state index contributed by atoms with van der Waals surface area (Å²) in [6.45, 7) is 1.67. The first kappa shape index (κ1) is 13.6. The molecule has 1 aliphatic rings. The summed E-state index contributed by atoms with van der Waals surface area (Å²) < 4.78 is 5.67. The highest BCUT2D eigenvalue weighted by Crippen LogP contribution is 2.24. The fraction of sp³-hybridized carbons (Fsp3) is 0.467. The molecule has 1 atom stereocenters. The van der Waals surface area contributed by atoms with Crippen molar-refractivity contribution in [2.24, 2.45) is 0 Å². The standard InChI is InChI=1S/C15H19N3OS/c1-2-6-12(7-3-1)15-18-17-14(19-15)11-16-10-13-8-4-5-9-20-13/h1-3,6-7,13,16H,4-5,8-11H2. The van der Waals surface area contributed by atoms with Gasteiger partial charge in [-0.3, -0.25) is 0 Å². The van der Waals surface area contributed by atoms with E-state index in [4.69, 9.17) is 4.42 Å². The van der Waals surface area contributed by atoms with Gasteiger partial charge in [-0.2, -0.15) is 11.8 Å². The second kappa shape index (κ2) is 6.90. The lowest BCUT2D eigenvalue weighted by Gasteiger charge is -2.20. The molecule has 0 aliphatic carbocycles. The molecule has 2 aromatic rings. The van der Waals surface area contributed by atoms with Crippen molar-refractivity contribution in [1.29, 1.82) is 0 Å². The first-order chi connectivity index (χ1) is 9.92. The summed E-state index contributed by atoms with van der Waals surface area (Å²) in [5.41, 5.74) is 0.967. The van der Waals surface area contributed by atoms with E-state index in [0.29, 0.717) is 18.3 Å². The Kier molecular flexibility index (Phi) is 4.71. The molecule has 5 heteroatoms. The van der Waals surface area contributed by atoms with Crippen LogP contribution in [0, 0.1) is 0 Å². The third-order valence-electron chi connectivity index (χ3n) is 3.41. The van der Waals surface area contributed by atoms with E-state index < -0.39 is 0 Å². The molecule has 1 saturated heterocycles. The van der Waals surface area contributed by atoms with Gasteiger partial charge in [0, 0.05) is 17.4 Å². The van der Waals surface area contributed by atoms with E-state index in [1.165, 1.54) is 25.0 Å². The van der Waals surface area contributed by atoms with Gasteiger partial charge in [-0.25, -0.2) is 0 Å². The largest absolute Gasteiger partial charge is 0.419 e. The first-order valence-corrected chi connectivity index (χ1v) is 8.17. The third kappa shape index (κ3) is 3.61. The fourth-order valence-corrected chi connectivity index (χ4v) is 3.60. The van der Waals surface area contributed by atoms with Gasteiger partial charge in [0.25, 0.3) is 0 Å². The molecular weight excluding hydrogens is 270 g/mol. The molecule has 106 valence electrons. The topological polar surface area (TPSA) is 51.0 Å². The van der Waals surface area contributed by atoms with Crippen LogP contribution in [0.2, 0.25) is 0 Å². The number of rotatable bonds is 5. The number of hydrogen-bond donors (Lipinski definition) is 1. The summed E-state index contributed by atoms with van der Waals surface area (Å²) in [4.78, 5) is 0. The van der Waals surface area contributed by atoms with Crippen LogP contribution < -0.4 is 5.32 Å². The summed E-state index contributed by atoms with van der Waals surface area (Å²) >= 11 is 2.07. The zero-order valence-corrected chi connectivity index (χ0v) is 12.2. The molecule has 0 bridgehead atoms. The lowest BCUT2D eigenvalue weighted by atomic mass is 10.2. The van der Waals surface area contributed by atoms with Crippen molar-refractivity contribution in [1.82, 2.24) is 15.5 Å². The summed E-state index contributed by atoms with van der Waals surface area (Å²) in [5, 5.41) is 12.3. The van der Waals surface area contributed by atoms with Crippen molar-refractivity contribution in [3.05, 3.63) is 36.2 Å². The normalized spacial score (nSPS) is 19.1. The Morgan fingerprint density at radius 2 is 2.10 bits per heavy atom. The highest BCUT2D eigenvalue weighted by atomic mass is 32.2. The number of thioether (sulfide) groups is 1. The predicted molar refractivity (Wildman–Crippen MR) is 81.5 cm³/mol. The Hall–Kier alpha value is -1.33. The van der Waals surface area contributed by atoms with Gasteiger partial charge in [-0.05, 0) is 30.7 Å². The second-order valence-corrected chi connectivity index (χ2v) is 6.39. The lowest BCUT2D eigenvalue weighted by Crippen LogP contribution is -2.26. The van der Waals surface area contributed by atoms with Crippen molar-refractivity contribution >= 4 is 11.8 Å². The Bertz CT molecular complexity index is 523. The molecule has 0 spiro atoms. The van der Waals surface area contributed by atoms with Crippen molar-refractivity contribution in [3.8, 4) is 11.5 Å². The van der Waals surface area contributed by atoms with Gasteiger partial charge in [0.2, 0.25) is 11.8 Å². The molecule has 4 nitrogen and oxygen atoms in total. The van der Waals surface area contributed by atoms with Crippen LogP contribution in [0.15, 0.2) is 34.7 Å². The molecule has 1 N–H and O–H groups in total. The summed E-state index contributed by atoms with van der Waals surface area (Å²) in [5.74, 6) is 2.55. The molecule has 20 heavy (non-hydrogen) atoms. The smallest absolute Gasteiger partial charge is 0.247 e. The molecule has 1 aliphatic heterocycles. The van der Waals surface area contributed by atoms with Gasteiger partial charge in [0.15, 0.2) is 0 Å².